The Morgan fingerprint density at radius 2 is 2.25 bits per heavy atom. The molecule has 0 spiro atoms. The molecule has 0 bridgehead atoms. The van der Waals surface area contributed by atoms with Crippen molar-refractivity contribution >= 4 is 5.91 Å². The molecule has 0 unspecified atom stereocenters. The lowest BCUT2D eigenvalue weighted by atomic mass is 10.3. The summed E-state index contributed by atoms with van der Waals surface area (Å²) >= 11 is 0. The number of rotatable bonds is 4. The predicted octanol–water partition coefficient (Wildman–Crippen LogP) is 0.129. The van der Waals surface area contributed by atoms with Gasteiger partial charge in [-0.05, 0) is 13.8 Å². The summed E-state index contributed by atoms with van der Waals surface area (Å²) in [4.78, 5) is 12.7. The van der Waals surface area contributed by atoms with Crippen LogP contribution in [0, 0.1) is 11.3 Å². The van der Waals surface area contributed by atoms with Crippen LogP contribution in [0.1, 0.15) is 20.3 Å². The maximum atomic E-state index is 11.2. The zero-order valence-electron chi connectivity index (χ0n) is 7.45. The minimum absolute atomic E-state index is 0.0398. The molecule has 0 saturated carbocycles. The van der Waals surface area contributed by atoms with E-state index in [9.17, 15) is 4.79 Å². The van der Waals surface area contributed by atoms with Gasteiger partial charge >= 0.3 is 0 Å². The molecule has 0 radical (unpaired) electrons. The average Bonchev–Trinajstić information content (AvgIpc) is 1.99. The number of nitriles is 1. The lowest BCUT2D eigenvalue weighted by Crippen LogP contribution is -2.38. The lowest BCUT2D eigenvalue weighted by molar-refractivity contribution is -0.132. The van der Waals surface area contributed by atoms with Crippen molar-refractivity contribution in [3.8, 4) is 6.07 Å². The average molecular weight is 170 g/mol. The van der Waals surface area contributed by atoms with E-state index in [4.69, 9.17) is 10.4 Å². The Morgan fingerprint density at radius 1 is 1.67 bits per heavy atom. The van der Waals surface area contributed by atoms with Crippen molar-refractivity contribution in [3.05, 3.63) is 0 Å². The van der Waals surface area contributed by atoms with Crippen molar-refractivity contribution in [3.63, 3.8) is 0 Å². The van der Waals surface area contributed by atoms with Crippen molar-refractivity contribution in [2.45, 2.75) is 26.3 Å². The molecule has 0 rings (SSSR count). The highest BCUT2D eigenvalue weighted by molar-refractivity contribution is 5.78. The fourth-order valence-corrected chi connectivity index (χ4v) is 0.948. The molecule has 0 fully saturated rings. The van der Waals surface area contributed by atoms with Gasteiger partial charge in [-0.1, -0.05) is 0 Å². The molecule has 0 aromatic carbocycles. The fourth-order valence-electron chi connectivity index (χ4n) is 0.948. The molecule has 0 aliphatic carbocycles. The zero-order valence-corrected chi connectivity index (χ0v) is 7.45. The predicted molar refractivity (Wildman–Crippen MR) is 44.2 cm³/mol. The first-order valence-corrected chi connectivity index (χ1v) is 3.90. The van der Waals surface area contributed by atoms with Crippen LogP contribution in [0.15, 0.2) is 0 Å². The number of nitrogens with zero attached hydrogens (tertiary/aromatic N) is 2. The molecule has 0 aromatic rings. The number of amides is 1. The first kappa shape index (κ1) is 10.9. The highest BCUT2D eigenvalue weighted by Gasteiger charge is 2.14. The van der Waals surface area contributed by atoms with Crippen LogP contribution >= 0.6 is 0 Å². The van der Waals surface area contributed by atoms with E-state index in [-0.39, 0.29) is 25.0 Å². The van der Waals surface area contributed by atoms with Gasteiger partial charge in [0.2, 0.25) is 5.91 Å². The van der Waals surface area contributed by atoms with Gasteiger partial charge in [-0.15, -0.1) is 0 Å². The third-order valence-electron chi connectivity index (χ3n) is 1.51. The molecule has 0 aliphatic heterocycles. The van der Waals surface area contributed by atoms with Crippen LogP contribution in [0.25, 0.3) is 0 Å². The summed E-state index contributed by atoms with van der Waals surface area (Å²) in [5.41, 5.74) is 0. The van der Waals surface area contributed by atoms with Crippen LogP contribution in [0.5, 0.6) is 0 Å². The maximum Gasteiger partial charge on any atom is 0.237 e. The van der Waals surface area contributed by atoms with E-state index in [0.29, 0.717) is 6.54 Å². The molecule has 0 atom stereocenters. The first-order valence-electron chi connectivity index (χ1n) is 3.90. The monoisotopic (exact) mass is 170 g/mol. The summed E-state index contributed by atoms with van der Waals surface area (Å²) in [6.45, 7) is 3.95. The quantitative estimate of drug-likeness (QED) is 0.652. The van der Waals surface area contributed by atoms with Crippen LogP contribution in [-0.2, 0) is 4.79 Å². The van der Waals surface area contributed by atoms with Crippen LogP contribution in [-0.4, -0.2) is 35.1 Å². The second kappa shape index (κ2) is 5.56. The van der Waals surface area contributed by atoms with Gasteiger partial charge in [0.25, 0.3) is 0 Å². The van der Waals surface area contributed by atoms with E-state index in [0.717, 1.165) is 0 Å². The Kier molecular flexibility index (Phi) is 5.06. The summed E-state index contributed by atoms with van der Waals surface area (Å²) in [6.07, 6.45) is -0.113. The third-order valence-corrected chi connectivity index (χ3v) is 1.51. The van der Waals surface area contributed by atoms with E-state index in [1.165, 1.54) is 4.90 Å². The lowest BCUT2D eigenvalue weighted by Gasteiger charge is -2.24. The molecular weight excluding hydrogens is 156 g/mol. The molecule has 12 heavy (non-hydrogen) atoms. The molecule has 0 aliphatic rings. The highest BCUT2D eigenvalue weighted by Crippen LogP contribution is 2.00. The van der Waals surface area contributed by atoms with Gasteiger partial charge in [0, 0.05) is 12.6 Å². The summed E-state index contributed by atoms with van der Waals surface area (Å²) < 4.78 is 0. The fraction of sp³-hybridized carbons (Fsp3) is 0.750. The first-order chi connectivity index (χ1) is 5.63. The van der Waals surface area contributed by atoms with Crippen molar-refractivity contribution in [2.75, 3.05) is 13.2 Å². The second-order valence-electron chi connectivity index (χ2n) is 2.74. The number of hydrogen-bond acceptors (Lipinski definition) is 3. The molecule has 0 aromatic heterocycles. The second-order valence-corrected chi connectivity index (χ2v) is 2.74. The zero-order chi connectivity index (χ0) is 9.56. The van der Waals surface area contributed by atoms with Gasteiger partial charge in [0.05, 0.1) is 12.7 Å². The van der Waals surface area contributed by atoms with Gasteiger partial charge in [-0.25, -0.2) is 0 Å². The smallest absolute Gasteiger partial charge is 0.237 e. The molecule has 1 amide bonds. The maximum absolute atomic E-state index is 11.2. The molecular formula is C8H14N2O2. The molecule has 4 heteroatoms. The summed E-state index contributed by atoms with van der Waals surface area (Å²) in [5, 5.41) is 16.9. The van der Waals surface area contributed by atoms with Gasteiger partial charge in [-0.3, -0.25) is 4.79 Å². The highest BCUT2D eigenvalue weighted by atomic mass is 16.3. The van der Waals surface area contributed by atoms with Crippen molar-refractivity contribution in [1.29, 1.82) is 5.26 Å². The Balaban J connectivity index is 4.11. The van der Waals surface area contributed by atoms with Crippen molar-refractivity contribution in [1.82, 2.24) is 4.90 Å². The number of aliphatic hydroxyl groups excluding tert-OH is 1. The Hall–Kier alpha value is -1.08. The normalized spacial score (nSPS) is 9.58. The van der Waals surface area contributed by atoms with Gasteiger partial charge in [0.1, 0.15) is 6.42 Å². The Labute approximate surface area is 72.4 Å². The third kappa shape index (κ3) is 3.35. The molecule has 68 valence electrons. The van der Waals surface area contributed by atoms with Crippen molar-refractivity contribution < 1.29 is 9.90 Å². The van der Waals surface area contributed by atoms with Gasteiger partial charge in [-0.2, -0.15) is 5.26 Å². The van der Waals surface area contributed by atoms with Crippen LogP contribution in [0.2, 0.25) is 0 Å². The Bertz CT molecular complexity index is 184. The minimum atomic E-state index is -0.221. The number of carbonyl (C=O) groups is 1. The van der Waals surface area contributed by atoms with Gasteiger partial charge < -0.3 is 10.0 Å². The summed E-state index contributed by atoms with van der Waals surface area (Å²) in [6, 6.07) is 1.83. The SMILES string of the molecule is CC(C)N(CCO)C(=O)CC#N. The summed E-state index contributed by atoms with van der Waals surface area (Å²) in [7, 11) is 0. The van der Waals surface area contributed by atoms with E-state index >= 15 is 0 Å². The van der Waals surface area contributed by atoms with E-state index < -0.39 is 0 Å². The largest absolute Gasteiger partial charge is 0.395 e. The minimum Gasteiger partial charge on any atom is -0.395 e. The van der Waals surface area contributed by atoms with Crippen LogP contribution < -0.4 is 0 Å². The molecule has 1 N–H and O–H groups in total. The van der Waals surface area contributed by atoms with E-state index in [1.807, 2.05) is 13.8 Å². The van der Waals surface area contributed by atoms with Crippen molar-refractivity contribution in [2.24, 2.45) is 0 Å². The molecule has 4 nitrogen and oxygen atoms in total. The van der Waals surface area contributed by atoms with Gasteiger partial charge in [0.15, 0.2) is 0 Å². The van der Waals surface area contributed by atoms with E-state index in [2.05, 4.69) is 0 Å². The Morgan fingerprint density at radius 3 is 2.58 bits per heavy atom. The molecule has 0 heterocycles. The van der Waals surface area contributed by atoms with Crippen LogP contribution in [0.4, 0.5) is 0 Å². The standard InChI is InChI=1S/C8H14N2O2/c1-7(2)10(5-6-11)8(12)3-4-9/h7,11H,3,5-6H2,1-2H3. The van der Waals surface area contributed by atoms with E-state index in [1.54, 1.807) is 6.07 Å². The summed E-state index contributed by atoms with van der Waals surface area (Å²) in [5.74, 6) is -0.221. The van der Waals surface area contributed by atoms with Crippen LogP contribution in [0.3, 0.4) is 0 Å². The topological polar surface area (TPSA) is 64.3 Å². The molecule has 0 saturated heterocycles. The number of carbonyl (C=O) groups excluding carboxylic acids is 1. The number of aliphatic hydroxyl groups is 1. The number of hydrogen-bond donors (Lipinski definition) is 1.